The number of nitrogens with zero attached hydrogens (tertiary/aromatic N) is 5. The Balaban J connectivity index is 1.66. The van der Waals surface area contributed by atoms with Crippen LogP contribution in [-0.4, -0.2) is 36.1 Å². The lowest BCUT2D eigenvalue weighted by Crippen LogP contribution is -2.52. The highest BCUT2D eigenvalue weighted by Crippen LogP contribution is 2.36. The number of H-pyrrole nitrogens is 1. The minimum Gasteiger partial charge on any atom is -0.344 e. The SMILES string of the molecule is CC[C@H](C)[C@@H](NC(=O)C1(n2cnnn2)CCCCC1)c1nc2ccccc2[nH]1. The van der Waals surface area contributed by atoms with Crippen LogP contribution < -0.4 is 5.32 Å². The van der Waals surface area contributed by atoms with E-state index in [9.17, 15) is 4.79 Å². The number of amides is 1. The largest absolute Gasteiger partial charge is 0.344 e. The number of carbonyl (C=O) groups is 1. The van der Waals surface area contributed by atoms with Crippen molar-refractivity contribution >= 4 is 16.9 Å². The molecule has 1 fully saturated rings. The van der Waals surface area contributed by atoms with Gasteiger partial charge in [0.15, 0.2) is 0 Å². The van der Waals surface area contributed by atoms with E-state index >= 15 is 0 Å². The van der Waals surface area contributed by atoms with Crippen LogP contribution >= 0.6 is 0 Å². The van der Waals surface area contributed by atoms with Gasteiger partial charge in [0.25, 0.3) is 0 Å². The molecule has 1 saturated carbocycles. The van der Waals surface area contributed by atoms with Crippen molar-refractivity contribution in [1.29, 1.82) is 0 Å². The van der Waals surface area contributed by atoms with Gasteiger partial charge in [0.05, 0.1) is 17.1 Å². The molecule has 4 rings (SSSR count). The summed E-state index contributed by atoms with van der Waals surface area (Å²) in [4.78, 5) is 21.7. The van der Waals surface area contributed by atoms with Crippen molar-refractivity contribution in [2.24, 2.45) is 5.92 Å². The number of nitrogens with one attached hydrogen (secondary N) is 2. The molecule has 2 aromatic heterocycles. The van der Waals surface area contributed by atoms with E-state index in [4.69, 9.17) is 4.98 Å². The van der Waals surface area contributed by atoms with Crippen LogP contribution in [0.25, 0.3) is 11.0 Å². The molecule has 1 amide bonds. The second-order valence-electron chi connectivity index (χ2n) is 7.82. The molecule has 0 bridgehead atoms. The Kier molecular flexibility index (Phi) is 5.11. The maximum absolute atomic E-state index is 13.6. The molecule has 0 saturated heterocycles. The van der Waals surface area contributed by atoms with E-state index in [0.29, 0.717) is 0 Å². The number of hydrogen-bond donors (Lipinski definition) is 2. The van der Waals surface area contributed by atoms with Gasteiger partial charge in [-0.1, -0.05) is 51.7 Å². The van der Waals surface area contributed by atoms with Crippen molar-refractivity contribution in [3.05, 3.63) is 36.4 Å². The highest BCUT2D eigenvalue weighted by atomic mass is 16.2. The summed E-state index contributed by atoms with van der Waals surface area (Å²) in [6.45, 7) is 4.27. The number of tetrazole rings is 1. The molecule has 2 atom stereocenters. The quantitative estimate of drug-likeness (QED) is 0.683. The van der Waals surface area contributed by atoms with Crippen LogP contribution in [-0.2, 0) is 10.3 Å². The Labute approximate surface area is 164 Å². The molecule has 2 N–H and O–H groups in total. The average Bonchev–Trinajstić information content (AvgIpc) is 3.41. The van der Waals surface area contributed by atoms with Crippen LogP contribution in [0.4, 0.5) is 0 Å². The van der Waals surface area contributed by atoms with Gasteiger partial charge in [-0.25, -0.2) is 9.67 Å². The van der Waals surface area contributed by atoms with E-state index in [-0.39, 0.29) is 17.9 Å². The molecular weight excluding hydrogens is 354 g/mol. The number of benzene rings is 1. The number of aromatic nitrogens is 6. The van der Waals surface area contributed by atoms with Crippen molar-refractivity contribution in [3.63, 3.8) is 0 Å². The Morgan fingerprint density at radius 1 is 1.29 bits per heavy atom. The maximum Gasteiger partial charge on any atom is 0.248 e. The van der Waals surface area contributed by atoms with Crippen molar-refractivity contribution in [2.75, 3.05) is 0 Å². The fraction of sp³-hybridized carbons (Fsp3) is 0.550. The van der Waals surface area contributed by atoms with Crippen molar-refractivity contribution in [1.82, 2.24) is 35.5 Å². The smallest absolute Gasteiger partial charge is 0.248 e. The molecule has 0 aliphatic heterocycles. The van der Waals surface area contributed by atoms with E-state index in [1.807, 2.05) is 24.3 Å². The van der Waals surface area contributed by atoms with Crippen LogP contribution in [0.5, 0.6) is 0 Å². The number of imidazole rings is 1. The van der Waals surface area contributed by atoms with Crippen LogP contribution in [0.3, 0.4) is 0 Å². The third-order valence-corrected chi connectivity index (χ3v) is 6.09. The molecule has 8 nitrogen and oxygen atoms in total. The van der Waals surface area contributed by atoms with E-state index in [0.717, 1.165) is 55.4 Å². The van der Waals surface area contributed by atoms with E-state index in [1.165, 1.54) is 0 Å². The zero-order valence-electron chi connectivity index (χ0n) is 16.4. The summed E-state index contributed by atoms with van der Waals surface area (Å²) in [6.07, 6.45) is 7.10. The Hall–Kier alpha value is -2.77. The van der Waals surface area contributed by atoms with Crippen molar-refractivity contribution in [3.8, 4) is 0 Å². The van der Waals surface area contributed by atoms with Crippen LogP contribution in [0.2, 0.25) is 0 Å². The number of hydrogen-bond acceptors (Lipinski definition) is 5. The maximum atomic E-state index is 13.6. The Morgan fingerprint density at radius 3 is 2.75 bits per heavy atom. The Bertz CT molecular complexity index is 894. The second kappa shape index (κ2) is 7.69. The van der Waals surface area contributed by atoms with Gasteiger partial charge in [-0.3, -0.25) is 4.79 Å². The molecule has 0 radical (unpaired) electrons. The lowest BCUT2D eigenvalue weighted by molar-refractivity contribution is -0.133. The monoisotopic (exact) mass is 381 g/mol. The van der Waals surface area contributed by atoms with Gasteiger partial charge in [-0.15, -0.1) is 5.10 Å². The van der Waals surface area contributed by atoms with E-state index < -0.39 is 5.54 Å². The summed E-state index contributed by atoms with van der Waals surface area (Å²) >= 11 is 0. The first kappa shape index (κ1) is 18.6. The molecule has 1 aliphatic rings. The normalized spacial score (nSPS) is 18.6. The minimum atomic E-state index is -0.723. The van der Waals surface area contributed by atoms with Gasteiger partial charge in [0.1, 0.15) is 17.7 Å². The van der Waals surface area contributed by atoms with Crippen LogP contribution in [0.15, 0.2) is 30.6 Å². The van der Waals surface area contributed by atoms with E-state index in [2.05, 4.69) is 39.7 Å². The summed E-state index contributed by atoms with van der Waals surface area (Å²) in [5.74, 6) is 1.01. The number of para-hydroxylation sites is 2. The third-order valence-electron chi connectivity index (χ3n) is 6.09. The van der Waals surface area contributed by atoms with Crippen molar-refractivity contribution < 1.29 is 4.79 Å². The van der Waals surface area contributed by atoms with Gasteiger partial charge in [0, 0.05) is 0 Å². The molecule has 1 aromatic carbocycles. The van der Waals surface area contributed by atoms with Gasteiger partial charge in [-0.05, 0) is 41.3 Å². The molecular formula is C20H27N7O. The zero-order chi connectivity index (χ0) is 19.6. The highest BCUT2D eigenvalue weighted by molar-refractivity contribution is 5.85. The standard InChI is InChI=1S/C20H27N7O/c1-3-14(2)17(18-22-15-9-5-6-10-16(15)23-18)24-19(28)20(11-7-4-8-12-20)27-13-21-25-26-27/h5-6,9-10,13-14,17H,3-4,7-8,11-12H2,1-2H3,(H,22,23)(H,24,28)/t14-,17+/m0/s1. The summed E-state index contributed by atoms with van der Waals surface area (Å²) in [5, 5.41) is 14.9. The van der Waals surface area contributed by atoms with Gasteiger partial charge in [-0.2, -0.15) is 0 Å². The third kappa shape index (κ3) is 3.27. The molecule has 148 valence electrons. The number of carbonyl (C=O) groups excluding carboxylic acids is 1. The second-order valence-corrected chi connectivity index (χ2v) is 7.82. The number of fused-ring (bicyclic) bond motifs is 1. The molecule has 0 spiro atoms. The predicted octanol–water partition coefficient (Wildman–Crippen LogP) is 3.11. The lowest BCUT2D eigenvalue weighted by atomic mass is 9.80. The fourth-order valence-corrected chi connectivity index (χ4v) is 4.17. The molecule has 2 heterocycles. The van der Waals surface area contributed by atoms with Gasteiger partial charge >= 0.3 is 0 Å². The van der Waals surface area contributed by atoms with Gasteiger partial charge < -0.3 is 10.3 Å². The molecule has 0 unspecified atom stereocenters. The highest BCUT2D eigenvalue weighted by Gasteiger charge is 2.44. The molecule has 8 heteroatoms. The topological polar surface area (TPSA) is 101 Å². The summed E-state index contributed by atoms with van der Waals surface area (Å²) < 4.78 is 1.65. The van der Waals surface area contributed by atoms with Crippen molar-refractivity contribution in [2.45, 2.75) is 64.0 Å². The summed E-state index contributed by atoms with van der Waals surface area (Å²) in [5.41, 5.74) is 1.17. The molecule has 1 aliphatic carbocycles. The fourth-order valence-electron chi connectivity index (χ4n) is 4.17. The minimum absolute atomic E-state index is 0.0229. The first-order chi connectivity index (χ1) is 13.6. The number of rotatable bonds is 6. The van der Waals surface area contributed by atoms with Gasteiger partial charge in [0.2, 0.25) is 5.91 Å². The van der Waals surface area contributed by atoms with Crippen LogP contribution in [0, 0.1) is 5.92 Å². The first-order valence-corrected chi connectivity index (χ1v) is 10.1. The summed E-state index contributed by atoms with van der Waals surface area (Å²) in [6, 6.07) is 7.74. The van der Waals surface area contributed by atoms with Crippen LogP contribution in [0.1, 0.15) is 64.2 Å². The van der Waals surface area contributed by atoms with E-state index in [1.54, 1.807) is 11.0 Å². The molecule has 3 aromatic rings. The summed E-state index contributed by atoms with van der Waals surface area (Å²) in [7, 11) is 0. The average molecular weight is 381 g/mol. The predicted molar refractivity (Wildman–Crippen MR) is 105 cm³/mol. The lowest BCUT2D eigenvalue weighted by Gasteiger charge is -2.37. The zero-order valence-corrected chi connectivity index (χ0v) is 16.4. The number of aromatic amines is 1. The Morgan fingerprint density at radius 2 is 2.07 bits per heavy atom. The first-order valence-electron chi connectivity index (χ1n) is 10.1. The molecule has 28 heavy (non-hydrogen) atoms.